The molecule has 1 N–H and O–H groups in total. The molecule has 0 bridgehead atoms. The molecule has 0 heterocycles. The van der Waals surface area contributed by atoms with E-state index in [1.54, 1.807) is 12.7 Å². The van der Waals surface area contributed by atoms with E-state index in [0.717, 1.165) is 50.0 Å². The Hall–Kier alpha value is -2.51. The smallest absolute Gasteiger partial charge is 0.156 e. The number of aliphatic hydroxyl groups excluding tert-OH is 1. The van der Waals surface area contributed by atoms with Crippen molar-refractivity contribution in [1.82, 2.24) is 0 Å². The van der Waals surface area contributed by atoms with Crippen molar-refractivity contribution in [2.75, 3.05) is 26.1 Å². The van der Waals surface area contributed by atoms with E-state index in [1.165, 1.54) is 16.7 Å². The number of terminal acetylenes is 1. The number of aliphatic hydroxyl groups is 1. The summed E-state index contributed by atoms with van der Waals surface area (Å²) in [6.45, 7) is 8.35. The molecule has 37 heavy (non-hydrogen) atoms. The van der Waals surface area contributed by atoms with Gasteiger partial charge in [0.15, 0.2) is 5.78 Å². The van der Waals surface area contributed by atoms with Crippen LogP contribution >= 0.6 is 0 Å². The number of benzene rings is 1. The van der Waals surface area contributed by atoms with Crippen molar-refractivity contribution < 1.29 is 14.6 Å². The third-order valence-corrected chi connectivity index (χ3v) is 9.20. The van der Waals surface area contributed by atoms with Gasteiger partial charge in [-0.15, -0.1) is 12.3 Å². The maximum Gasteiger partial charge on any atom is 0.156 e. The zero-order valence-electron chi connectivity index (χ0n) is 23.9. The summed E-state index contributed by atoms with van der Waals surface area (Å²) in [6, 6.07) is 6.63. The van der Waals surface area contributed by atoms with E-state index in [9.17, 15) is 9.90 Å². The molecule has 4 aliphatic carbocycles. The molecular weight excluding hydrogens is 458 g/mol. The van der Waals surface area contributed by atoms with Crippen LogP contribution in [0.1, 0.15) is 84.1 Å². The number of anilines is 1. The van der Waals surface area contributed by atoms with Gasteiger partial charge in [-0.05, 0) is 111 Å². The highest BCUT2D eigenvalue weighted by Crippen LogP contribution is 2.64. The summed E-state index contributed by atoms with van der Waals surface area (Å²) < 4.78 is 5.76. The zero-order chi connectivity index (χ0) is 27.1. The molecule has 4 nitrogen and oxygen atoms in total. The summed E-state index contributed by atoms with van der Waals surface area (Å²) in [5.74, 6) is 5.12. The van der Waals surface area contributed by atoms with E-state index in [-0.39, 0.29) is 28.6 Å². The number of methoxy groups -OCH3 is 1. The van der Waals surface area contributed by atoms with Gasteiger partial charge in [0.1, 0.15) is 5.75 Å². The van der Waals surface area contributed by atoms with Crippen molar-refractivity contribution in [3.05, 3.63) is 46.6 Å². The molecule has 2 fully saturated rings. The number of rotatable bonds is 3. The van der Waals surface area contributed by atoms with E-state index in [0.29, 0.717) is 18.3 Å². The Bertz CT molecular complexity index is 1150. The molecule has 4 heteroatoms. The van der Waals surface area contributed by atoms with E-state index in [2.05, 4.69) is 35.9 Å². The summed E-state index contributed by atoms with van der Waals surface area (Å²) in [5, 5.41) is 11.0. The number of ether oxygens (including phenoxy) is 1. The van der Waals surface area contributed by atoms with Crippen molar-refractivity contribution in [1.29, 1.82) is 0 Å². The highest BCUT2D eigenvalue weighted by atomic mass is 16.5. The molecule has 0 radical (unpaired) electrons. The van der Waals surface area contributed by atoms with Crippen LogP contribution in [-0.4, -0.2) is 38.2 Å². The van der Waals surface area contributed by atoms with Gasteiger partial charge in [-0.25, -0.2) is 0 Å². The number of nitrogens with zero attached hydrogens (tertiary/aromatic N) is 1. The molecule has 1 aromatic carbocycles. The molecule has 4 aliphatic rings. The van der Waals surface area contributed by atoms with Gasteiger partial charge < -0.3 is 14.7 Å². The first-order chi connectivity index (χ1) is 17.4. The average Bonchev–Trinajstić information content (AvgIpc) is 3.16. The van der Waals surface area contributed by atoms with E-state index in [4.69, 9.17) is 11.2 Å². The van der Waals surface area contributed by atoms with Gasteiger partial charge in [0, 0.05) is 31.8 Å². The molecule has 1 aromatic rings. The second-order valence-electron chi connectivity index (χ2n) is 12.9. The van der Waals surface area contributed by atoms with Crippen LogP contribution < -0.4 is 9.64 Å². The maximum atomic E-state index is 12.1. The molecule has 0 amide bonds. The first-order valence-electron chi connectivity index (χ1n) is 13.9. The molecule has 5 rings (SSSR count). The van der Waals surface area contributed by atoms with Gasteiger partial charge in [0.05, 0.1) is 18.9 Å². The molecule has 2 saturated carbocycles. The Morgan fingerprint density at radius 2 is 1.84 bits per heavy atom. The monoisotopic (exact) mass is 503 g/mol. The Balaban J connectivity index is 0.000000480. The second-order valence-corrected chi connectivity index (χ2v) is 12.9. The van der Waals surface area contributed by atoms with Gasteiger partial charge in [0.2, 0.25) is 0 Å². The van der Waals surface area contributed by atoms with Crippen molar-refractivity contribution in [3.63, 3.8) is 0 Å². The van der Waals surface area contributed by atoms with Gasteiger partial charge in [0.25, 0.3) is 0 Å². The minimum Gasteiger partial charge on any atom is -0.495 e. The molecule has 5 unspecified atom stereocenters. The van der Waals surface area contributed by atoms with Crippen LogP contribution in [0.25, 0.3) is 0 Å². The topological polar surface area (TPSA) is 49.8 Å². The fourth-order valence-corrected chi connectivity index (χ4v) is 7.21. The number of fused-ring (bicyclic) bond motifs is 4. The lowest BCUT2D eigenvalue weighted by Gasteiger charge is -2.52. The number of carbonyl (C=O) groups is 1. The number of hydrogen-bond donors (Lipinski definition) is 1. The normalized spacial score (nSPS) is 30.7. The highest BCUT2D eigenvalue weighted by Gasteiger charge is 2.56. The van der Waals surface area contributed by atoms with Crippen LogP contribution in [0.2, 0.25) is 0 Å². The third kappa shape index (κ3) is 5.26. The van der Waals surface area contributed by atoms with Crippen molar-refractivity contribution in [2.45, 2.75) is 84.7 Å². The fourth-order valence-electron chi connectivity index (χ4n) is 7.21. The van der Waals surface area contributed by atoms with Crippen LogP contribution in [0.15, 0.2) is 41.0 Å². The van der Waals surface area contributed by atoms with Crippen molar-refractivity contribution >= 4 is 11.5 Å². The van der Waals surface area contributed by atoms with Gasteiger partial charge >= 0.3 is 0 Å². The Kier molecular flexibility index (Phi) is 7.69. The Labute approximate surface area is 224 Å². The van der Waals surface area contributed by atoms with Crippen LogP contribution in [0, 0.1) is 35.0 Å². The van der Waals surface area contributed by atoms with E-state index >= 15 is 0 Å². The van der Waals surface area contributed by atoms with Crippen LogP contribution in [-0.2, 0) is 4.79 Å². The SMILES string of the molecule is C#CC(C)(C)C.COc1cc(C2CC3(C)C(O)CCC3C3CCC4=CC(=O)CCC4=C23)ccc1N(C)C. The van der Waals surface area contributed by atoms with Crippen molar-refractivity contribution in [2.24, 2.45) is 22.7 Å². The van der Waals surface area contributed by atoms with Gasteiger partial charge in [-0.2, -0.15) is 0 Å². The molecule has 200 valence electrons. The number of carbonyl (C=O) groups excluding carboxylic acids is 1. The first kappa shape index (κ1) is 27.5. The molecular formula is C33H45NO3. The van der Waals surface area contributed by atoms with E-state index in [1.807, 2.05) is 40.9 Å². The Morgan fingerprint density at radius 3 is 2.46 bits per heavy atom. The number of hydrogen-bond acceptors (Lipinski definition) is 4. The number of ketones is 1. The van der Waals surface area contributed by atoms with E-state index < -0.39 is 0 Å². The van der Waals surface area contributed by atoms with Crippen molar-refractivity contribution in [3.8, 4) is 18.1 Å². The van der Waals surface area contributed by atoms with Crippen LogP contribution in [0.5, 0.6) is 5.75 Å². The maximum absolute atomic E-state index is 12.1. The van der Waals surface area contributed by atoms with Crippen LogP contribution in [0.3, 0.4) is 0 Å². The highest BCUT2D eigenvalue weighted by molar-refractivity contribution is 5.93. The predicted octanol–water partition coefficient (Wildman–Crippen LogP) is 6.69. The predicted molar refractivity (Wildman–Crippen MR) is 152 cm³/mol. The Morgan fingerprint density at radius 1 is 1.14 bits per heavy atom. The summed E-state index contributed by atoms with van der Waals surface area (Å²) in [6.07, 6.45) is 13.4. The first-order valence-corrected chi connectivity index (χ1v) is 13.9. The van der Waals surface area contributed by atoms with Gasteiger partial charge in [-0.3, -0.25) is 4.79 Å². The summed E-state index contributed by atoms with van der Waals surface area (Å²) in [5.41, 5.74) is 6.70. The minimum absolute atomic E-state index is 0.0431. The summed E-state index contributed by atoms with van der Waals surface area (Å²) in [4.78, 5) is 14.2. The third-order valence-electron chi connectivity index (χ3n) is 9.20. The number of allylic oxidation sites excluding steroid dienone is 4. The minimum atomic E-state index is -0.223. The van der Waals surface area contributed by atoms with Crippen LogP contribution in [0.4, 0.5) is 5.69 Å². The lowest BCUT2D eigenvalue weighted by atomic mass is 9.53. The fraction of sp³-hybridized carbons (Fsp3) is 0.606. The largest absolute Gasteiger partial charge is 0.495 e. The summed E-state index contributed by atoms with van der Waals surface area (Å²) >= 11 is 0. The standard InChI is InChI=1S/C27H35NO3.C6H10/c1-27-15-21(17-6-11-23(28(2)3)24(14-17)31-4)26-19-9-7-18(29)13-16(19)5-8-20(26)22(27)10-12-25(27)30;1-5-6(2,3)4/h6,11,13-14,20-22,25,30H,5,7-10,12,15H2,1-4H3;1H,2-4H3. The molecule has 5 atom stereocenters. The lowest BCUT2D eigenvalue weighted by molar-refractivity contribution is -0.114. The zero-order valence-corrected chi connectivity index (χ0v) is 23.9. The lowest BCUT2D eigenvalue weighted by Crippen LogP contribution is -2.45. The molecule has 0 aromatic heterocycles. The quantitative estimate of drug-likeness (QED) is 0.467. The van der Waals surface area contributed by atoms with Gasteiger partial charge in [-0.1, -0.05) is 18.6 Å². The average molecular weight is 504 g/mol. The molecule has 0 saturated heterocycles. The second kappa shape index (κ2) is 10.3. The molecule has 0 spiro atoms. The molecule has 0 aliphatic heterocycles. The summed E-state index contributed by atoms with van der Waals surface area (Å²) in [7, 11) is 5.82.